The first-order valence-electron chi connectivity index (χ1n) is 8.70. The highest BCUT2D eigenvalue weighted by Crippen LogP contribution is 2.31. The van der Waals surface area contributed by atoms with Gasteiger partial charge in [0.25, 0.3) is 0 Å². The van der Waals surface area contributed by atoms with Crippen molar-refractivity contribution in [3.8, 4) is 5.75 Å². The van der Waals surface area contributed by atoms with Crippen LogP contribution in [0.25, 0.3) is 0 Å². The molecular weight excluding hydrogens is 290 g/mol. The van der Waals surface area contributed by atoms with E-state index in [1.165, 1.54) is 45.4 Å². The minimum atomic E-state index is -0.263. The van der Waals surface area contributed by atoms with Gasteiger partial charge in [0.1, 0.15) is 5.75 Å². The molecule has 1 amide bonds. The van der Waals surface area contributed by atoms with Crippen molar-refractivity contribution in [2.45, 2.75) is 64.7 Å². The molecule has 4 heteroatoms. The maximum absolute atomic E-state index is 12.6. The number of amides is 1. The first-order valence-corrected chi connectivity index (χ1v) is 8.70. The number of rotatable bonds is 4. The van der Waals surface area contributed by atoms with E-state index in [1.54, 1.807) is 18.2 Å². The summed E-state index contributed by atoms with van der Waals surface area (Å²) in [6, 6.07) is 4.94. The van der Waals surface area contributed by atoms with Crippen LogP contribution in [0.5, 0.6) is 5.75 Å². The molecule has 1 saturated carbocycles. The standard InChI is InChI=1S/C19H27NO3/c1-14(21)20-17-12-8-11-16(19(17)23)18(22)13-15-9-6-4-2-3-5-7-10-15/h8,11-12,15,23H,2-7,9-10,13H2,1H3,(H,20,21). The Bertz CT molecular complexity index is 544. The number of aromatic hydroxyl groups is 1. The van der Waals surface area contributed by atoms with Crippen molar-refractivity contribution in [3.05, 3.63) is 23.8 Å². The number of anilines is 1. The van der Waals surface area contributed by atoms with Crippen molar-refractivity contribution in [1.29, 1.82) is 0 Å². The van der Waals surface area contributed by atoms with Crippen molar-refractivity contribution in [2.75, 3.05) is 5.32 Å². The number of carbonyl (C=O) groups is 2. The number of carbonyl (C=O) groups excluding carboxylic acids is 2. The third-order valence-electron chi connectivity index (χ3n) is 4.60. The molecule has 4 nitrogen and oxygen atoms in total. The van der Waals surface area contributed by atoms with Gasteiger partial charge in [0, 0.05) is 13.3 Å². The van der Waals surface area contributed by atoms with Gasteiger partial charge in [-0.05, 0) is 18.1 Å². The molecular formula is C19H27NO3. The number of phenolic OH excluding ortho intramolecular Hbond substituents is 1. The number of hydrogen-bond donors (Lipinski definition) is 2. The van der Waals surface area contributed by atoms with Crippen LogP contribution < -0.4 is 5.32 Å². The van der Waals surface area contributed by atoms with E-state index in [0.29, 0.717) is 23.6 Å². The van der Waals surface area contributed by atoms with Crippen molar-refractivity contribution in [2.24, 2.45) is 5.92 Å². The highest BCUT2D eigenvalue weighted by Gasteiger charge is 2.20. The first kappa shape index (κ1) is 17.5. The van der Waals surface area contributed by atoms with E-state index in [-0.39, 0.29) is 17.4 Å². The molecule has 0 heterocycles. The minimum Gasteiger partial charge on any atom is -0.505 e. The molecule has 0 radical (unpaired) electrons. The average Bonchev–Trinajstić information content (AvgIpc) is 2.63. The number of para-hydroxylation sites is 1. The summed E-state index contributed by atoms with van der Waals surface area (Å²) in [5.41, 5.74) is 0.619. The van der Waals surface area contributed by atoms with Gasteiger partial charge in [-0.15, -0.1) is 0 Å². The van der Waals surface area contributed by atoms with E-state index >= 15 is 0 Å². The van der Waals surface area contributed by atoms with E-state index in [0.717, 1.165) is 12.8 Å². The predicted octanol–water partition coefficient (Wildman–Crippen LogP) is 4.67. The fourth-order valence-electron chi connectivity index (χ4n) is 3.35. The molecule has 0 saturated heterocycles. The molecule has 0 unspecified atom stereocenters. The number of nitrogens with one attached hydrogen (secondary N) is 1. The molecule has 23 heavy (non-hydrogen) atoms. The first-order chi connectivity index (χ1) is 11.1. The van der Waals surface area contributed by atoms with E-state index in [2.05, 4.69) is 5.32 Å². The van der Waals surface area contributed by atoms with Crippen molar-refractivity contribution >= 4 is 17.4 Å². The zero-order valence-corrected chi connectivity index (χ0v) is 13.9. The summed E-state index contributed by atoms with van der Waals surface area (Å²) in [7, 11) is 0. The Hall–Kier alpha value is -1.84. The third kappa shape index (κ3) is 5.38. The normalized spacial score (nSPS) is 16.9. The van der Waals surface area contributed by atoms with Crippen LogP contribution in [0, 0.1) is 5.92 Å². The molecule has 0 spiro atoms. The molecule has 1 aromatic rings. The molecule has 0 atom stereocenters. The Morgan fingerprint density at radius 3 is 2.30 bits per heavy atom. The van der Waals surface area contributed by atoms with Gasteiger partial charge in [-0.2, -0.15) is 0 Å². The van der Waals surface area contributed by atoms with Gasteiger partial charge in [-0.25, -0.2) is 0 Å². The Balaban J connectivity index is 2.05. The summed E-state index contributed by atoms with van der Waals surface area (Å²) < 4.78 is 0. The Labute approximate surface area is 138 Å². The van der Waals surface area contributed by atoms with Gasteiger partial charge in [-0.1, -0.05) is 57.4 Å². The molecule has 0 bridgehead atoms. The van der Waals surface area contributed by atoms with Crippen LogP contribution in [-0.2, 0) is 4.79 Å². The lowest BCUT2D eigenvalue weighted by Crippen LogP contribution is -2.11. The third-order valence-corrected chi connectivity index (χ3v) is 4.60. The van der Waals surface area contributed by atoms with Gasteiger partial charge >= 0.3 is 0 Å². The van der Waals surface area contributed by atoms with Crippen LogP contribution >= 0.6 is 0 Å². The maximum atomic E-state index is 12.6. The van der Waals surface area contributed by atoms with Gasteiger partial charge in [-0.3, -0.25) is 9.59 Å². The number of hydrogen-bond acceptors (Lipinski definition) is 3. The van der Waals surface area contributed by atoms with E-state index in [4.69, 9.17) is 0 Å². The zero-order valence-electron chi connectivity index (χ0n) is 13.9. The van der Waals surface area contributed by atoms with Gasteiger partial charge < -0.3 is 10.4 Å². The monoisotopic (exact) mass is 317 g/mol. The van der Waals surface area contributed by atoms with Crippen LogP contribution in [0.15, 0.2) is 18.2 Å². The van der Waals surface area contributed by atoms with Crippen LogP contribution in [-0.4, -0.2) is 16.8 Å². The lowest BCUT2D eigenvalue weighted by molar-refractivity contribution is -0.114. The second kappa shape index (κ2) is 8.70. The van der Waals surface area contributed by atoms with Crippen LogP contribution in [0.1, 0.15) is 75.1 Å². The second-order valence-electron chi connectivity index (χ2n) is 6.57. The number of ketones is 1. The van der Waals surface area contributed by atoms with Gasteiger partial charge in [0.2, 0.25) is 5.91 Å². The number of benzene rings is 1. The molecule has 2 N–H and O–H groups in total. The van der Waals surface area contributed by atoms with Crippen LogP contribution in [0.2, 0.25) is 0 Å². The molecule has 1 fully saturated rings. The second-order valence-corrected chi connectivity index (χ2v) is 6.57. The summed E-state index contributed by atoms with van der Waals surface area (Å²) in [5.74, 6) is 0.000282. The lowest BCUT2D eigenvalue weighted by Gasteiger charge is -2.16. The summed E-state index contributed by atoms with van der Waals surface area (Å²) in [4.78, 5) is 23.7. The molecule has 0 aliphatic heterocycles. The quantitative estimate of drug-likeness (QED) is 0.626. The fourth-order valence-corrected chi connectivity index (χ4v) is 3.35. The van der Waals surface area contributed by atoms with E-state index < -0.39 is 0 Å². The average molecular weight is 317 g/mol. The topological polar surface area (TPSA) is 66.4 Å². The molecule has 0 aromatic heterocycles. The number of phenols is 1. The molecule has 2 rings (SSSR count). The summed E-state index contributed by atoms with van der Waals surface area (Å²) >= 11 is 0. The summed E-state index contributed by atoms with van der Waals surface area (Å²) in [6.45, 7) is 1.38. The van der Waals surface area contributed by atoms with E-state index in [1.807, 2.05) is 0 Å². The Morgan fingerprint density at radius 2 is 1.70 bits per heavy atom. The Morgan fingerprint density at radius 1 is 1.09 bits per heavy atom. The Kier molecular flexibility index (Phi) is 6.63. The van der Waals surface area contributed by atoms with Crippen molar-refractivity contribution in [3.63, 3.8) is 0 Å². The lowest BCUT2D eigenvalue weighted by atomic mass is 9.89. The summed E-state index contributed by atoms with van der Waals surface area (Å²) in [5, 5.41) is 12.8. The molecule has 1 aliphatic carbocycles. The molecule has 1 aromatic carbocycles. The number of Topliss-reactive ketones (excluding diaryl/α,β-unsaturated/α-hetero) is 1. The zero-order chi connectivity index (χ0) is 16.7. The highest BCUT2D eigenvalue weighted by molar-refractivity contribution is 6.02. The highest BCUT2D eigenvalue weighted by atomic mass is 16.3. The van der Waals surface area contributed by atoms with Gasteiger partial charge in [0.05, 0.1) is 11.3 Å². The van der Waals surface area contributed by atoms with Crippen LogP contribution in [0.4, 0.5) is 5.69 Å². The van der Waals surface area contributed by atoms with Crippen molar-refractivity contribution < 1.29 is 14.7 Å². The minimum absolute atomic E-state index is 0.0288. The largest absolute Gasteiger partial charge is 0.505 e. The fraction of sp³-hybridized carbons (Fsp3) is 0.579. The molecule has 126 valence electrons. The smallest absolute Gasteiger partial charge is 0.221 e. The summed E-state index contributed by atoms with van der Waals surface area (Å²) in [6.07, 6.45) is 10.2. The van der Waals surface area contributed by atoms with E-state index in [9.17, 15) is 14.7 Å². The SMILES string of the molecule is CC(=O)Nc1cccc(C(=O)CC2CCCCCCCC2)c1O. The predicted molar refractivity (Wildman–Crippen MR) is 91.8 cm³/mol. The van der Waals surface area contributed by atoms with Gasteiger partial charge in [0.15, 0.2) is 5.78 Å². The molecule has 1 aliphatic rings. The maximum Gasteiger partial charge on any atom is 0.221 e. The van der Waals surface area contributed by atoms with Crippen molar-refractivity contribution in [1.82, 2.24) is 0 Å². The van der Waals surface area contributed by atoms with Crippen LogP contribution in [0.3, 0.4) is 0 Å².